The molecule has 0 aliphatic heterocycles. The van der Waals surface area contributed by atoms with E-state index in [-0.39, 0.29) is 0 Å². The largest absolute Gasteiger partial charge is 0.337 e. The van der Waals surface area contributed by atoms with Gasteiger partial charge in [-0.15, -0.1) is 6.58 Å². The average Bonchev–Trinajstić information content (AvgIpc) is 2.72. The minimum absolute atomic E-state index is 0.566. The fourth-order valence-electron chi connectivity index (χ4n) is 2.04. The minimum Gasteiger partial charge on any atom is -0.337 e. The van der Waals surface area contributed by atoms with Gasteiger partial charge in [0.1, 0.15) is 6.07 Å². The van der Waals surface area contributed by atoms with E-state index in [9.17, 15) is 10.1 Å². The number of aldehydes is 1. The number of nitrogens with zero attached hydrogens (tertiary/aromatic N) is 2. The first kappa shape index (κ1) is 12.6. The lowest BCUT2D eigenvalue weighted by atomic mass is 10.1. The molecule has 4 heteroatoms. The molecule has 0 atom stereocenters. The highest BCUT2D eigenvalue weighted by Gasteiger charge is 2.12. The van der Waals surface area contributed by atoms with Crippen molar-refractivity contribution in [3.8, 4) is 6.07 Å². The van der Waals surface area contributed by atoms with Crippen molar-refractivity contribution in [3.63, 3.8) is 0 Å². The van der Waals surface area contributed by atoms with Gasteiger partial charge in [0.05, 0.1) is 16.8 Å². The van der Waals surface area contributed by atoms with E-state index in [0.717, 1.165) is 28.1 Å². The number of aromatic nitrogens is 1. The van der Waals surface area contributed by atoms with E-state index in [0.29, 0.717) is 17.8 Å². The number of carbonyl (C=O) groups excluding carboxylic acids is 1. The van der Waals surface area contributed by atoms with Crippen LogP contribution in [0.25, 0.3) is 10.9 Å². The number of rotatable bonds is 4. The number of carbonyl (C=O) groups is 1. The van der Waals surface area contributed by atoms with Gasteiger partial charge in [-0.2, -0.15) is 5.26 Å². The highest BCUT2D eigenvalue weighted by Crippen LogP contribution is 2.27. The SMILES string of the molecule is C=CCCn1c(C=O)cc2cc(Br)cc(C#N)c21. The Morgan fingerprint density at radius 1 is 1.44 bits per heavy atom. The molecule has 0 unspecified atom stereocenters. The summed E-state index contributed by atoms with van der Waals surface area (Å²) in [5.41, 5.74) is 1.96. The van der Waals surface area contributed by atoms with Crippen molar-refractivity contribution in [2.75, 3.05) is 0 Å². The molecule has 0 spiro atoms. The molecule has 0 aliphatic rings. The maximum Gasteiger partial charge on any atom is 0.166 e. The molecule has 0 saturated heterocycles. The van der Waals surface area contributed by atoms with Gasteiger partial charge in [0, 0.05) is 16.4 Å². The molecule has 90 valence electrons. The highest BCUT2D eigenvalue weighted by molar-refractivity contribution is 9.10. The first-order valence-electron chi connectivity index (χ1n) is 5.50. The maximum atomic E-state index is 11.1. The van der Waals surface area contributed by atoms with Crippen LogP contribution in [0.5, 0.6) is 0 Å². The smallest absolute Gasteiger partial charge is 0.166 e. The molecule has 0 fully saturated rings. The Morgan fingerprint density at radius 2 is 2.22 bits per heavy atom. The van der Waals surface area contributed by atoms with E-state index in [1.807, 2.05) is 10.6 Å². The van der Waals surface area contributed by atoms with Crippen LogP contribution >= 0.6 is 15.9 Å². The predicted molar refractivity (Wildman–Crippen MR) is 74.6 cm³/mol. The van der Waals surface area contributed by atoms with Gasteiger partial charge in [-0.05, 0) is 24.6 Å². The molecule has 3 nitrogen and oxygen atoms in total. The third-order valence-electron chi connectivity index (χ3n) is 2.79. The average molecular weight is 303 g/mol. The van der Waals surface area contributed by atoms with Crippen LogP contribution in [0.4, 0.5) is 0 Å². The molecular weight excluding hydrogens is 292 g/mol. The number of allylic oxidation sites excluding steroid dienone is 1. The molecule has 2 aromatic rings. The Kier molecular flexibility index (Phi) is 3.63. The summed E-state index contributed by atoms with van der Waals surface area (Å²) in [4.78, 5) is 11.1. The van der Waals surface area contributed by atoms with Gasteiger partial charge in [-0.1, -0.05) is 22.0 Å². The first-order valence-corrected chi connectivity index (χ1v) is 6.29. The van der Waals surface area contributed by atoms with E-state index in [1.54, 1.807) is 18.2 Å². The van der Waals surface area contributed by atoms with Crippen LogP contribution in [0.1, 0.15) is 22.5 Å². The van der Waals surface area contributed by atoms with Gasteiger partial charge < -0.3 is 4.57 Å². The van der Waals surface area contributed by atoms with E-state index < -0.39 is 0 Å². The molecule has 1 aromatic heterocycles. The number of aryl methyl sites for hydroxylation is 1. The van der Waals surface area contributed by atoms with Crippen LogP contribution in [0, 0.1) is 11.3 Å². The van der Waals surface area contributed by atoms with Gasteiger partial charge in [0.2, 0.25) is 0 Å². The molecule has 1 heterocycles. The summed E-state index contributed by atoms with van der Waals surface area (Å²) >= 11 is 3.37. The molecule has 1 aromatic carbocycles. The number of halogens is 1. The fraction of sp³-hybridized carbons (Fsp3) is 0.143. The second-order valence-corrected chi connectivity index (χ2v) is 4.83. The highest BCUT2D eigenvalue weighted by atomic mass is 79.9. The maximum absolute atomic E-state index is 11.1. The van der Waals surface area contributed by atoms with E-state index in [2.05, 4.69) is 28.6 Å². The third-order valence-corrected chi connectivity index (χ3v) is 3.25. The van der Waals surface area contributed by atoms with Crippen LogP contribution in [0.3, 0.4) is 0 Å². The quantitative estimate of drug-likeness (QED) is 0.639. The van der Waals surface area contributed by atoms with E-state index >= 15 is 0 Å². The predicted octanol–water partition coefficient (Wildman–Crippen LogP) is 3.66. The lowest BCUT2D eigenvalue weighted by Gasteiger charge is -2.07. The second kappa shape index (κ2) is 5.19. The molecule has 18 heavy (non-hydrogen) atoms. The summed E-state index contributed by atoms with van der Waals surface area (Å²) in [7, 11) is 0. The first-order chi connectivity index (χ1) is 8.71. The summed E-state index contributed by atoms with van der Waals surface area (Å²) in [6.45, 7) is 4.33. The Morgan fingerprint density at radius 3 is 2.83 bits per heavy atom. The third kappa shape index (κ3) is 2.09. The molecule has 0 aliphatic carbocycles. The molecule has 0 amide bonds. The number of benzene rings is 1. The Balaban J connectivity index is 2.76. The number of hydrogen-bond donors (Lipinski definition) is 0. The lowest BCUT2D eigenvalue weighted by molar-refractivity contribution is 0.111. The normalized spacial score (nSPS) is 10.2. The number of nitriles is 1. The summed E-state index contributed by atoms with van der Waals surface area (Å²) in [5.74, 6) is 0. The number of fused-ring (bicyclic) bond motifs is 1. The van der Waals surface area contributed by atoms with Crippen molar-refractivity contribution < 1.29 is 4.79 Å². The van der Waals surface area contributed by atoms with Crippen molar-refractivity contribution in [2.24, 2.45) is 0 Å². The van der Waals surface area contributed by atoms with Gasteiger partial charge in [-0.25, -0.2) is 0 Å². The molecule has 0 saturated carbocycles. The topological polar surface area (TPSA) is 45.8 Å². The zero-order valence-corrected chi connectivity index (χ0v) is 11.3. The van der Waals surface area contributed by atoms with E-state index in [1.165, 1.54) is 0 Å². The van der Waals surface area contributed by atoms with Crippen molar-refractivity contribution in [3.05, 3.63) is 46.6 Å². The Labute approximate surface area is 113 Å². The lowest BCUT2D eigenvalue weighted by Crippen LogP contribution is -2.02. The van der Waals surface area contributed by atoms with Crippen molar-refractivity contribution in [2.45, 2.75) is 13.0 Å². The summed E-state index contributed by atoms with van der Waals surface area (Å²) in [6.07, 6.45) is 3.37. The van der Waals surface area contributed by atoms with Crippen molar-refractivity contribution >= 4 is 33.1 Å². The Bertz CT molecular complexity index is 664. The van der Waals surface area contributed by atoms with Crippen LogP contribution in [-0.4, -0.2) is 10.9 Å². The zero-order valence-electron chi connectivity index (χ0n) is 9.69. The molecule has 2 rings (SSSR count). The van der Waals surface area contributed by atoms with Crippen molar-refractivity contribution in [1.82, 2.24) is 4.57 Å². The summed E-state index contributed by atoms with van der Waals surface area (Å²) < 4.78 is 2.71. The standard InChI is InChI=1S/C14H11BrN2O/c1-2-3-4-17-13(9-18)7-10-5-12(15)6-11(8-16)14(10)17/h2,5-7,9H,1,3-4H2. The van der Waals surface area contributed by atoms with Crippen molar-refractivity contribution in [1.29, 1.82) is 5.26 Å². The van der Waals surface area contributed by atoms with Gasteiger partial charge >= 0.3 is 0 Å². The van der Waals surface area contributed by atoms with Gasteiger partial charge in [0.15, 0.2) is 6.29 Å². The van der Waals surface area contributed by atoms with Crippen LogP contribution in [0.2, 0.25) is 0 Å². The van der Waals surface area contributed by atoms with Crippen LogP contribution in [0.15, 0.2) is 35.3 Å². The van der Waals surface area contributed by atoms with Gasteiger partial charge in [-0.3, -0.25) is 4.79 Å². The zero-order chi connectivity index (χ0) is 13.1. The Hall–Kier alpha value is -1.86. The van der Waals surface area contributed by atoms with E-state index in [4.69, 9.17) is 0 Å². The van der Waals surface area contributed by atoms with Crippen LogP contribution in [-0.2, 0) is 6.54 Å². The number of hydrogen-bond acceptors (Lipinski definition) is 2. The second-order valence-electron chi connectivity index (χ2n) is 3.92. The molecular formula is C14H11BrN2O. The molecule has 0 radical (unpaired) electrons. The molecule has 0 N–H and O–H groups in total. The minimum atomic E-state index is 0.566. The monoisotopic (exact) mass is 302 g/mol. The summed E-state index contributed by atoms with van der Waals surface area (Å²) in [6, 6.07) is 7.65. The van der Waals surface area contributed by atoms with Crippen LogP contribution < -0.4 is 0 Å². The summed E-state index contributed by atoms with van der Waals surface area (Å²) in [5, 5.41) is 10.1. The fourth-order valence-corrected chi connectivity index (χ4v) is 2.52. The van der Waals surface area contributed by atoms with Gasteiger partial charge in [0.25, 0.3) is 0 Å². The molecule has 0 bridgehead atoms.